The van der Waals surface area contributed by atoms with E-state index in [-0.39, 0.29) is 29.0 Å². The molecule has 0 aliphatic heterocycles. The highest BCUT2D eigenvalue weighted by Gasteiger charge is 2.25. The SMILES string of the molecule is CCOC(=O)c1[nH]c2cc(Cl)cc(Cl)c2c1C(=O)CBr. The molecule has 1 N–H and O–H groups in total. The van der Waals surface area contributed by atoms with E-state index in [0.29, 0.717) is 20.9 Å². The Morgan fingerprint density at radius 3 is 2.65 bits per heavy atom. The largest absolute Gasteiger partial charge is 0.461 e. The lowest BCUT2D eigenvalue weighted by Gasteiger charge is -2.03. The number of nitrogens with one attached hydrogen (secondary N) is 1. The average Bonchev–Trinajstić information content (AvgIpc) is 2.77. The molecule has 0 amide bonds. The highest BCUT2D eigenvalue weighted by molar-refractivity contribution is 9.09. The van der Waals surface area contributed by atoms with E-state index >= 15 is 0 Å². The number of benzene rings is 1. The van der Waals surface area contributed by atoms with Crippen molar-refractivity contribution in [1.29, 1.82) is 0 Å². The van der Waals surface area contributed by atoms with Crippen molar-refractivity contribution in [3.63, 3.8) is 0 Å². The summed E-state index contributed by atoms with van der Waals surface area (Å²) in [5, 5.41) is 1.27. The molecule has 2 rings (SSSR count). The molecule has 1 aromatic heterocycles. The topological polar surface area (TPSA) is 59.2 Å². The van der Waals surface area contributed by atoms with E-state index in [1.54, 1.807) is 13.0 Å². The summed E-state index contributed by atoms with van der Waals surface area (Å²) >= 11 is 15.2. The minimum Gasteiger partial charge on any atom is -0.461 e. The first-order valence-corrected chi connectivity index (χ1v) is 7.64. The van der Waals surface area contributed by atoms with Crippen molar-refractivity contribution in [2.75, 3.05) is 11.9 Å². The highest BCUT2D eigenvalue weighted by Crippen LogP contribution is 2.33. The van der Waals surface area contributed by atoms with Gasteiger partial charge in [-0.25, -0.2) is 4.79 Å². The van der Waals surface area contributed by atoms with Crippen LogP contribution < -0.4 is 0 Å². The van der Waals surface area contributed by atoms with Crippen molar-refractivity contribution in [3.05, 3.63) is 33.4 Å². The molecule has 0 fully saturated rings. The fourth-order valence-electron chi connectivity index (χ4n) is 1.95. The molecule has 0 unspecified atom stereocenters. The maximum absolute atomic E-state index is 12.1. The zero-order valence-corrected chi connectivity index (χ0v) is 13.5. The third kappa shape index (κ3) is 2.71. The zero-order chi connectivity index (χ0) is 14.9. The number of hydrogen-bond donors (Lipinski definition) is 1. The minimum atomic E-state index is -0.597. The molecule has 7 heteroatoms. The predicted octanol–water partition coefficient (Wildman–Crippen LogP) is 4.23. The molecule has 0 saturated carbocycles. The van der Waals surface area contributed by atoms with E-state index in [1.165, 1.54) is 6.07 Å². The van der Waals surface area contributed by atoms with Crippen LogP contribution in [0.2, 0.25) is 10.0 Å². The number of esters is 1. The second-order valence-electron chi connectivity index (χ2n) is 3.96. The van der Waals surface area contributed by atoms with Gasteiger partial charge >= 0.3 is 5.97 Å². The Labute approximate surface area is 133 Å². The molecule has 106 valence electrons. The summed E-state index contributed by atoms with van der Waals surface area (Å²) in [4.78, 5) is 26.9. The zero-order valence-electron chi connectivity index (χ0n) is 10.4. The van der Waals surface area contributed by atoms with Crippen LogP contribution in [0.15, 0.2) is 12.1 Å². The fraction of sp³-hybridized carbons (Fsp3) is 0.231. The van der Waals surface area contributed by atoms with Crippen LogP contribution in [0.3, 0.4) is 0 Å². The van der Waals surface area contributed by atoms with Crippen molar-refractivity contribution in [1.82, 2.24) is 4.98 Å². The minimum absolute atomic E-state index is 0.0747. The van der Waals surface area contributed by atoms with Gasteiger partial charge in [0.15, 0.2) is 5.78 Å². The van der Waals surface area contributed by atoms with Gasteiger partial charge in [-0.2, -0.15) is 0 Å². The molecule has 2 aromatic rings. The van der Waals surface area contributed by atoms with Crippen LogP contribution in [-0.4, -0.2) is 28.7 Å². The third-order valence-electron chi connectivity index (χ3n) is 2.69. The van der Waals surface area contributed by atoms with Crippen molar-refractivity contribution >= 4 is 61.8 Å². The number of alkyl halides is 1. The number of carbonyl (C=O) groups excluding carboxylic acids is 2. The molecule has 4 nitrogen and oxygen atoms in total. The van der Waals surface area contributed by atoms with E-state index in [4.69, 9.17) is 27.9 Å². The van der Waals surface area contributed by atoms with Crippen LogP contribution >= 0.6 is 39.1 Å². The second kappa shape index (κ2) is 6.16. The molecule has 0 saturated heterocycles. The number of ketones is 1. The van der Waals surface area contributed by atoms with Gasteiger partial charge in [-0.15, -0.1) is 0 Å². The van der Waals surface area contributed by atoms with Gasteiger partial charge in [0.05, 0.1) is 22.5 Å². The van der Waals surface area contributed by atoms with Crippen molar-refractivity contribution in [2.24, 2.45) is 0 Å². The summed E-state index contributed by atoms with van der Waals surface area (Å²) in [5.74, 6) is -0.858. The first-order valence-electron chi connectivity index (χ1n) is 5.76. The molecule has 0 radical (unpaired) electrons. The lowest BCUT2D eigenvalue weighted by molar-refractivity contribution is 0.0517. The first-order chi connectivity index (χ1) is 9.49. The maximum atomic E-state index is 12.1. The van der Waals surface area contributed by atoms with Gasteiger partial charge in [0.25, 0.3) is 0 Å². The van der Waals surface area contributed by atoms with Crippen LogP contribution in [0.4, 0.5) is 0 Å². The van der Waals surface area contributed by atoms with E-state index < -0.39 is 5.97 Å². The number of Topliss-reactive ketones (excluding diaryl/α,β-unsaturated/α-hetero) is 1. The van der Waals surface area contributed by atoms with Gasteiger partial charge in [-0.3, -0.25) is 4.79 Å². The average molecular weight is 379 g/mol. The van der Waals surface area contributed by atoms with E-state index in [0.717, 1.165) is 0 Å². The molecular weight excluding hydrogens is 369 g/mol. The Bertz CT molecular complexity index is 696. The normalized spacial score (nSPS) is 10.8. The summed E-state index contributed by atoms with van der Waals surface area (Å²) in [6.07, 6.45) is 0. The molecule has 0 aliphatic rings. The second-order valence-corrected chi connectivity index (χ2v) is 5.37. The third-order valence-corrected chi connectivity index (χ3v) is 3.72. The molecular formula is C13H10BrCl2NO3. The Morgan fingerprint density at radius 2 is 2.05 bits per heavy atom. The maximum Gasteiger partial charge on any atom is 0.355 e. The van der Waals surface area contributed by atoms with Crippen LogP contribution in [0.25, 0.3) is 10.9 Å². The molecule has 0 aliphatic carbocycles. The number of hydrogen-bond acceptors (Lipinski definition) is 3. The summed E-state index contributed by atoms with van der Waals surface area (Å²) < 4.78 is 4.95. The molecule has 20 heavy (non-hydrogen) atoms. The van der Waals surface area contributed by atoms with Crippen LogP contribution in [0.1, 0.15) is 27.8 Å². The van der Waals surface area contributed by atoms with Crippen LogP contribution in [-0.2, 0) is 4.74 Å². The molecule has 1 aromatic carbocycles. The number of aromatic nitrogens is 1. The van der Waals surface area contributed by atoms with Crippen molar-refractivity contribution < 1.29 is 14.3 Å². The summed E-state index contributed by atoms with van der Waals surface area (Å²) in [6.45, 7) is 1.90. The lowest BCUT2D eigenvalue weighted by atomic mass is 10.1. The Morgan fingerprint density at radius 1 is 1.35 bits per heavy atom. The number of carbonyl (C=O) groups is 2. The van der Waals surface area contributed by atoms with Gasteiger partial charge in [-0.05, 0) is 19.1 Å². The quantitative estimate of drug-likeness (QED) is 0.492. The molecule has 0 atom stereocenters. The molecule has 0 spiro atoms. The Balaban J connectivity index is 2.77. The highest BCUT2D eigenvalue weighted by atomic mass is 79.9. The van der Waals surface area contributed by atoms with E-state index in [1.807, 2.05) is 0 Å². The summed E-state index contributed by atoms with van der Waals surface area (Å²) in [6, 6.07) is 3.13. The number of fused-ring (bicyclic) bond motifs is 1. The lowest BCUT2D eigenvalue weighted by Crippen LogP contribution is -2.11. The van der Waals surface area contributed by atoms with Gasteiger partial charge < -0.3 is 9.72 Å². The number of H-pyrrole nitrogens is 1. The number of halogens is 3. The monoisotopic (exact) mass is 377 g/mol. The molecule has 0 bridgehead atoms. The number of ether oxygens (including phenoxy) is 1. The number of aromatic amines is 1. The van der Waals surface area contributed by atoms with Gasteiger partial charge in [0, 0.05) is 15.9 Å². The summed E-state index contributed by atoms with van der Waals surface area (Å²) in [5.41, 5.74) is 0.835. The van der Waals surface area contributed by atoms with Crippen LogP contribution in [0, 0.1) is 0 Å². The van der Waals surface area contributed by atoms with Gasteiger partial charge in [-0.1, -0.05) is 39.1 Å². The van der Waals surface area contributed by atoms with Crippen molar-refractivity contribution in [3.8, 4) is 0 Å². The predicted molar refractivity (Wildman–Crippen MR) is 82.4 cm³/mol. The molecule has 1 heterocycles. The van der Waals surface area contributed by atoms with E-state index in [9.17, 15) is 9.59 Å². The number of rotatable bonds is 4. The first kappa shape index (κ1) is 15.4. The van der Waals surface area contributed by atoms with Crippen molar-refractivity contribution in [2.45, 2.75) is 6.92 Å². The van der Waals surface area contributed by atoms with Gasteiger partial charge in [0.2, 0.25) is 0 Å². The Hall–Kier alpha value is -1.04. The standard InChI is InChI=1S/C13H10BrCl2NO3/c1-2-20-13(19)12-11(9(18)5-14)10-7(16)3-6(15)4-8(10)17-12/h3-4,17H,2,5H2,1H3. The Kier molecular flexibility index (Phi) is 4.73. The van der Waals surface area contributed by atoms with Gasteiger partial charge in [0.1, 0.15) is 5.69 Å². The summed E-state index contributed by atoms with van der Waals surface area (Å²) in [7, 11) is 0. The van der Waals surface area contributed by atoms with E-state index in [2.05, 4.69) is 20.9 Å². The fourth-order valence-corrected chi connectivity index (χ4v) is 2.82. The van der Waals surface area contributed by atoms with Crippen LogP contribution in [0.5, 0.6) is 0 Å². The smallest absolute Gasteiger partial charge is 0.355 e.